The molecule has 8 heteroatoms. The van der Waals surface area contributed by atoms with Crippen LogP contribution < -0.4 is 4.90 Å². The van der Waals surface area contributed by atoms with Crippen molar-refractivity contribution in [1.29, 1.82) is 0 Å². The number of amides is 1. The minimum absolute atomic E-state index is 0.227. The lowest BCUT2D eigenvalue weighted by Gasteiger charge is -2.35. The van der Waals surface area contributed by atoms with Crippen LogP contribution in [0.15, 0.2) is 24.5 Å². The molecule has 4 heterocycles. The second kappa shape index (κ2) is 7.53. The maximum absolute atomic E-state index is 11.9. The highest BCUT2D eigenvalue weighted by molar-refractivity contribution is 5.94. The van der Waals surface area contributed by atoms with E-state index in [-0.39, 0.29) is 6.09 Å². The smallest absolute Gasteiger partial charge is 0.409 e. The van der Waals surface area contributed by atoms with Crippen LogP contribution in [-0.2, 0) is 18.2 Å². The molecule has 0 unspecified atom stereocenters. The number of rotatable bonds is 4. The summed E-state index contributed by atoms with van der Waals surface area (Å²) in [6, 6.07) is 4.20. The molecule has 3 aromatic heterocycles. The Morgan fingerprint density at radius 3 is 2.75 bits per heavy atom. The molecule has 4 rings (SSSR count). The van der Waals surface area contributed by atoms with Gasteiger partial charge in [-0.2, -0.15) is 5.10 Å². The van der Waals surface area contributed by atoms with Gasteiger partial charge in [-0.3, -0.25) is 4.68 Å². The van der Waals surface area contributed by atoms with E-state index in [2.05, 4.69) is 33.0 Å². The van der Waals surface area contributed by atoms with Crippen LogP contribution in [0.25, 0.3) is 22.3 Å². The molecule has 0 bridgehead atoms. The van der Waals surface area contributed by atoms with Gasteiger partial charge in [0.15, 0.2) is 0 Å². The van der Waals surface area contributed by atoms with Gasteiger partial charge in [0.1, 0.15) is 5.65 Å². The molecule has 8 nitrogen and oxygen atoms in total. The lowest BCUT2D eigenvalue weighted by Crippen LogP contribution is -2.49. The fourth-order valence-corrected chi connectivity index (χ4v) is 3.89. The number of aromatic nitrogens is 4. The highest BCUT2D eigenvalue weighted by Crippen LogP contribution is 2.32. The summed E-state index contributed by atoms with van der Waals surface area (Å²) < 4.78 is 7.03. The average molecular weight is 382 g/mol. The van der Waals surface area contributed by atoms with Gasteiger partial charge in [0, 0.05) is 61.8 Å². The van der Waals surface area contributed by atoms with Crippen LogP contribution >= 0.6 is 0 Å². The number of piperazine rings is 1. The van der Waals surface area contributed by atoms with Crippen molar-refractivity contribution in [1.82, 2.24) is 24.6 Å². The fourth-order valence-electron chi connectivity index (χ4n) is 3.89. The zero-order valence-corrected chi connectivity index (χ0v) is 16.6. The lowest BCUT2D eigenvalue weighted by atomic mass is 10.1. The largest absolute Gasteiger partial charge is 0.450 e. The molecular formula is C20H26N6O2. The normalized spacial score (nSPS) is 14.7. The number of pyridine rings is 1. The zero-order valence-electron chi connectivity index (χ0n) is 16.6. The summed E-state index contributed by atoms with van der Waals surface area (Å²) in [6.45, 7) is 7.22. The van der Waals surface area contributed by atoms with Gasteiger partial charge in [-0.1, -0.05) is 6.92 Å². The molecule has 1 amide bonds. The molecule has 28 heavy (non-hydrogen) atoms. The van der Waals surface area contributed by atoms with E-state index in [0.29, 0.717) is 19.7 Å². The van der Waals surface area contributed by atoms with E-state index in [4.69, 9.17) is 4.74 Å². The number of H-pyrrole nitrogens is 1. The fraction of sp³-hybridized carbons (Fsp3) is 0.450. The summed E-state index contributed by atoms with van der Waals surface area (Å²) in [5.74, 6) is 0. The summed E-state index contributed by atoms with van der Waals surface area (Å²) in [4.78, 5) is 24.0. The third-order valence-electron chi connectivity index (χ3n) is 5.34. The number of hydrogen-bond acceptors (Lipinski definition) is 5. The molecule has 0 radical (unpaired) electrons. The minimum Gasteiger partial charge on any atom is -0.450 e. The molecule has 0 saturated carbocycles. The van der Waals surface area contributed by atoms with E-state index in [1.807, 2.05) is 37.1 Å². The second-order valence-corrected chi connectivity index (χ2v) is 6.93. The molecule has 1 aliphatic heterocycles. The van der Waals surface area contributed by atoms with Gasteiger partial charge < -0.3 is 19.5 Å². The summed E-state index contributed by atoms with van der Waals surface area (Å²) in [5, 5.41) is 5.49. The molecule has 3 aromatic rings. The van der Waals surface area contributed by atoms with E-state index < -0.39 is 0 Å². The molecule has 0 spiro atoms. The molecule has 1 aliphatic rings. The number of fused-ring (bicyclic) bond motifs is 1. The number of carbonyl (C=O) groups excluding carboxylic acids is 1. The van der Waals surface area contributed by atoms with E-state index in [1.54, 1.807) is 4.90 Å². The van der Waals surface area contributed by atoms with Crippen LogP contribution in [0.3, 0.4) is 0 Å². The first-order chi connectivity index (χ1) is 13.6. The SMILES string of the molecule is CCOC(=O)N1CCN(c2ccnc3[nH]c(-c4cnn(C)c4CC)cc23)CC1. The highest BCUT2D eigenvalue weighted by Gasteiger charge is 2.24. The number of hydrogen-bond donors (Lipinski definition) is 1. The van der Waals surface area contributed by atoms with Crippen molar-refractivity contribution in [3.63, 3.8) is 0 Å². The topological polar surface area (TPSA) is 79.3 Å². The molecule has 0 aliphatic carbocycles. The number of carbonyl (C=O) groups is 1. The van der Waals surface area contributed by atoms with Crippen LogP contribution in [0.1, 0.15) is 19.5 Å². The van der Waals surface area contributed by atoms with Crippen molar-refractivity contribution >= 4 is 22.8 Å². The molecule has 148 valence electrons. The van der Waals surface area contributed by atoms with Crippen LogP contribution in [-0.4, -0.2) is 63.5 Å². The summed E-state index contributed by atoms with van der Waals surface area (Å²) >= 11 is 0. The second-order valence-electron chi connectivity index (χ2n) is 6.93. The van der Waals surface area contributed by atoms with Crippen LogP contribution in [0, 0.1) is 0 Å². The minimum atomic E-state index is -0.227. The van der Waals surface area contributed by atoms with E-state index in [0.717, 1.165) is 47.5 Å². The first-order valence-corrected chi connectivity index (χ1v) is 9.78. The summed E-state index contributed by atoms with van der Waals surface area (Å²) in [6.07, 6.45) is 4.42. The van der Waals surface area contributed by atoms with Crippen molar-refractivity contribution in [3.8, 4) is 11.3 Å². The van der Waals surface area contributed by atoms with Crippen molar-refractivity contribution in [2.45, 2.75) is 20.3 Å². The van der Waals surface area contributed by atoms with Crippen LogP contribution in [0.5, 0.6) is 0 Å². The van der Waals surface area contributed by atoms with E-state index in [9.17, 15) is 4.79 Å². The Kier molecular flexibility index (Phi) is 4.93. The van der Waals surface area contributed by atoms with Crippen molar-refractivity contribution < 1.29 is 9.53 Å². The van der Waals surface area contributed by atoms with Gasteiger partial charge in [-0.15, -0.1) is 0 Å². The molecule has 0 aromatic carbocycles. The van der Waals surface area contributed by atoms with Crippen molar-refractivity contribution in [2.75, 3.05) is 37.7 Å². The Hall–Kier alpha value is -3.03. The molecule has 1 N–H and O–H groups in total. The number of aryl methyl sites for hydroxylation is 1. The van der Waals surface area contributed by atoms with Gasteiger partial charge in [0.25, 0.3) is 0 Å². The first kappa shape index (κ1) is 18.3. The van der Waals surface area contributed by atoms with Gasteiger partial charge in [-0.05, 0) is 25.5 Å². The molecular weight excluding hydrogens is 356 g/mol. The van der Waals surface area contributed by atoms with E-state index >= 15 is 0 Å². The number of ether oxygens (including phenoxy) is 1. The Balaban J connectivity index is 1.61. The predicted octanol–water partition coefficient (Wildman–Crippen LogP) is 2.80. The quantitative estimate of drug-likeness (QED) is 0.751. The summed E-state index contributed by atoms with van der Waals surface area (Å²) in [7, 11) is 1.97. The average Bonchev–Trinajstić information content (AvgIpc) is 3.30. The summed E-state index contributed by atoms with van der Waals surface area (Å²) in [5.41, 5.74) is 5.34. The van der Waals surface area contributed by atoms with Gasteiger partial charge in [0.2, 0.25) is 0 Å². The molecule has 1 fully saturated rings. The number of anilines is 1. The van der Waals surface area contributed by atoms with Crippen molar-refractivity contribution in [3.05, 3.63) is 30.2 Å². The molecule has 1 saturated heterocycles. The van der Waals surface area contributed by atoms with Gasteiger partial charge >= 0.3 is 6.09 Å². The zero-order chi connectivity index (χ0) is 19.7. The Bertz CT molecular complexity index is 984. The van der Waals surface area contributed by atoms with Gasteiger partial charge in [-0.25, -0.2) is 9.78 Å². The maximum atomic E-state index is 11.9. The highest BCUT2D eigenvalue weighted by atomic mass is 16.6. The monoisotopic (exact) mass is 382 g/mol. The van der Waals surface area contributed by atoms with E-state index in [1.165, 1.54) is 5.69 Å². The first-order valence-electron chi connectivity index (χ1n) is 9.78. The Morgan fingerprint density at radius 1 is 1.25 bits per heavy atom. The van der Waals surface area contributed by atoms with Crippen LogP contribution in [0.2, 0.25) is 0 Å². The van der Waals surface area contributed by atoms with Crippen molar-refractivity contribution in [2.24, 2.45) is 7.05 Å². The number of aromatic amines is 1. The standard InChI is InChI=1S/C20H26N6O2/c1-4-17-15(13-22-24(17)3)16-12-14-18(6-7-21-19(14)23-16)25-8-10-26(11-9-25)20(27)28-5-2/h6-7,12-13H,4-5,8-11H2,1-3H3,(H,21,23). The van der Waals surface area contributed by atoms with Gasteiger partial charge in [0.05, 0.1) is 18.5 Å². The Labute approximate surface area is 164 Å². The maximum Gasteiger partial charge on any atom is 0.409 e. The number of nitrogens with zero attached hydrogens (tertiary/aromatic N) is 5. The Morgan fingerprint density at radius 2 is 2.04 bits per heavy atom. The van der Waals surface area contributed by atoms with Crippen LogP contribution in [0.4, 0.5) is 10.5 Å². The molecule has 0 atom stereocenters. The predicted molar refractivity (Wildman–Crippen MR) is 108 cm³/mol. The number of nitrogens with one attached hydrogen (secondary N) is 1. The third-order valence-corrected chi connectivity index (χ3v) is 5.34. The lowest BCUT2D eigenvalue weighted by molar-refractivity contribution is 0.105. The third kappa shape index (κ3) is 3.19.